The van der Waals surface area contributed by atoms with E-state index in [2.05, 4.69) is 41.1 Å². The summed E-state index contributed by atoms with van der Waals surface area (Å²) in [5.74, 6) is 6.78. The van der Waals surface area contributed by atoms with Crippen LogP contribution in [0.2, 0.25) is 0 Å². The molecule has 1 aromatic rings. The average Bonchev–Trinajstić information content (AvgIpc) is 2.30. The van der Waals surface area contributed by atoms with Crippen LogP contribution in [-0.2, 0) is 6.42 Å². The fourth-order valence-corrected chi connectivity index (χ4v) is 1.39. The van der Waals surface area contributed by atoms with Crippen molar-refractivity contribution in [3.8, 4) is 0 Å². The molecule has 1 rings (SSSR count). The second-order valence-corrected chi connectivity index (χ2v) is 3.21. The van der Waals surface area contributed by atoms with Gasteiger partial charge in [0.15, 0.2) is 0 Å². The third-order valence-corrected chi connectivity index (χ3v) is 2.32. The summed E-state index contributed by atoms with van der Waals surface area (Å²) in [7, 11) is 0. The van der Waals surface area contributed by atoms with Crippen molar-refractivity contribution in [3.05, 3.63) is 11.8 Å². The van der Waals surface area contributed by atoms with Crippen LogP contribution in [0.25, 0.3) is 0 Å². The lowest BCUT2D eigenvalue weighted by Crippen LogP contribution is -2.25. The molecule has 0 aliphatic rings. The Morgan fingerprint density at radius 3 is 2.40 bits per heavy atom. The van der Waals surface area contributed by atoms with Gasteiger partial charge in [0, 0.05) is 24.8 Å². The zero-order chi connectivity index (χ0) is 11.3. The number of nitrogens with one attached hydrogen (secondary N) is 1. The molecule has 5 heteroatoms. The Hall–Kier alpha value is -1.36. The normalized spacial score (nSPS) is 10.1. The van der Waals surface area contributed by atoms with Crippen molar-refractivity contribution in [1.82, 2.24) is 9.97 Å². The number of nitrogens with zero attached hydrogens (tertiary/aromatic N) is 3. The van der Waals surface area contributed by atoms with E-state index in [-0.39, 0.29) is 0 Å². The van der Waals surface area contributed by atoms with Crippen LogP contribution in [0.1, 0.15) is 26.5 Å². The molecule has 0 aliphatic carbocycles. The van der Waals surface area contributed by atoms with Crippen molar-refractivity contribution < 1.29 is 0 Å². The molecule has 3 N–H and O–H groups in total. The van der Waals surface area contributed by atoms with E-state index in [1.807, 2.05) is 6.07 Å². The van der Waals surface area contributed by atoms with Gasteiger partial charge < -0.3 is 10.3 Å². The highest BCUT2D eigenvalue weighted by atomic mass is 15.3. The van der Waals surface area contributed by atoms with Crippen LogP contribution in [0.15, 0.2) is 6.07 Å². The first-order valence-electron chi connectivity index (χ1n) is 5.34. The van der Waals surface area contributed by atoms with Gasteiger partial charge in [-0.05, 0) is 20.3 Å². The van der Waals surface area contributed by atoms with E-state index >= 15 is 0 Å². The first kappa shape index (κ1) is 11.7. The molecule has 0 unspecified atom stereocenters. The standard InChI is InChI=1S/C10H19N5/c1-4-8-7-9(14-11)13-10(12-8)15(5-2)6-3/h7H,4-6,11H2,1-3H3,(H,12,13,14). The van der Waals surface area contributed by atoms with E-state index in [1.54, 1.807) is 0 Å². The van der Waals surface area contributed by atoms with Gasteiger partial charge in [-0.1, -0.05) is 6.92 Å². The van der Waals surface area contributed by atoms with Gasteiger partial charge in [-0.15, -0.1) is 0 Å². The molecule has 0 radical (unpaired) electrons. The summed E-state index contributed by atoms with van der Waals surface area (Å²) in [5.41, 5.74) is 3.57. The molecule has 0 aromatic carbocycles. The number of anilines is 2. The fourth-order valence-electron chi connectivity index (χ4n) is 1.39. The van der Waals surface area contributed by atoms with Crippen LogP contribution < -0.4 is 16.2 Å². The van der Waals surface area contributed by atoms with Crippen LogP contribution >= 0.6 is 0 Å². The number of aryl methyl sites for hydroxylation is 1. The monoisotopic (exact) mass is 209 g/mol. The number of aromatic nitrogens is 2. The zero-order valence-corrected chi connectivity index (χ0v) is 9.62. The molecule has 0 spiro atoms. The lowest BCUT2D eigenvalue weighted by molar-refractivity contribution is 0.810. The van der Waals surface area contributed by atoms with Crippen molar-refractivity contribution >= 4 is 11.8 Å². The smallest absolute Gasteiger partial charge is 0.227 e. The summed E-state index contributed by atoms with van der Waals surface area (Å²) >= 11 is 0. The maximum absolute atomic E-state index is 5.37. The van der Waals surface area contributed by atoms with Gasteiger partial charge >= 0.3 is 0 Å². The molecule has 5 nitrogen and oxygen atoms in total. The van der Waals surface area contributed by atoms with Crippen molar-refractivity contribution in [2.45, 2.75) is 27.2 Å². The van der Waals surface area contributed by atoms with Gasteiger partial charge in [0.2, 0.25) is 5.95 Å². The molecule has 1 aromatic heterocycles. The van der Waals surface area contributed by atoms with E-state index in [4.69, 9.17) is 5.84 Å². The van der Waals surface area contributed by atoms with Crippen LogP contribution in [-0.4, -0.2) is 23.1 Å². The molecule has 15 heavy (non-hydrogen) atoms. The number of hydrogen-bond acceptors (Lipinski definition) is 5. The van der Waals surface area contributed by atoms with Gasteiger partial charge in [-0.25, -0.2) is 10.8 Å². The Kier molecular flexibility index (Phi) is 4.30. The third kappa shape index (κ3) is 2.79. The van der Waals surface area contributed by atoms with Crippen molar-refractivity contribution in [2.24, 2.45) is 5.84 Å². The second kappa shape index (κ2) is 5.50. The SMILES string of the molecule is CCc1cc(NN)nc(N(CC)CC)n1. The summed E-state index contributed by atoms with van der Waals surface area (Å²) < 4.78 is 0. The Balaban J connectivity index is 3.05. The van der Waals surface area contributed by atoms with E-state index in [0.29, 0.717) is 5.82 Å². The number of rotatable bonds is 5. The van der Waals surface area contributed by atoms with Gasteiger partial charge in [0.1, 0.15) is 5.82 Å². The number of nitrogens with two attached hydrogens (primary N) is 1. The first-order valence-corrected chi connectivity index (χ1v) is 5.34. The summed E-state index contributed by atoms with van der Waals surface area (Å²) in [4.78, 5) is 10.9. The van der Waals surface area contributed by atoms with Gasteiger partial charge in [0.25, 0.3) is 0 Å². The Bertz CT molecular complexity index is 286. The molecular formula is C10H19N5. The molecule has 0 saturated heterocycles. The molecule has 0 saturated carbocycles. The quantitative estimate of drug-likeness (QED) is 0.563. The second-order valence-electron chi connectivity index (χ2n) is 3.21. The predicted octanol–water partition coefficient (Wildman–Crippen LogP) is 1.17. The number of hydrazine groups is 1. The van der Waals surface area contributed by atoms with Gasteiger partial charge in [-0.3, -0.25) is 0 Å². The van der Waals surface area contributed by atoms with E-state index < -0.39 is 0 Å². The van der Waals surface area contributed by atoms with Crippen LogP contribution in [0.4, 0.5) is 11.8 Å². The Morgan fingerprint density at radius 2 is 1.93 bits per heavy atom. The number of nitrogen functional groups attached to an aromatic ring is 1. The topological polar surface area (TPSA) is 67.1 Å². The van der Waals surface area contributed by atoms with Gasteiger partial charge in [0.05, 0.1) is 0 Å². The molecular weight excluding hydrogens is 190 g/mol. The molecule has 0 bridgehead atoms. The lowest BCUT2D eigenvalue weighted by Gasteiger charge is -2.19. The molecule has 0 aliphatic heterocycles. The van der Waals surface area contributed by atoms with E-state index in [0.717, 1.165) is 31.2 Å². The maximum Gasteiger partial charge on any atom is 0.227 e. The fraction of sp³-hybridized carbons (Fsp3) is 0.600. The Morgan fingerprint density at radius 1 is 1.27 bits per heavy atom. The summed E-state index contributed by atoms with van der Waals surface area (Å²) in [6.07, 6.45) is 0.880. The van der Waals surface area contributed by atoms with Crippen molar-refractivity contribution in [2.75, 3.05) is 23.4 Å². The summed E-state index contributed by atoms with van der Waals surface area (Å²) in [5, 5.41) is 0. The van der Waals surface area contributed by atoms with E-state index in [1.165, 1.54) is 0 Å². The molecule has 0 fully saturated rings. The maximum atomic E-state index is 5.37. The van der Waals surface area contributed by atoms with Crippen LogP contribution in [0.5, 0.6) is 0 Å². The summed E-state index contributed by atoms with van der Waals surface area (Å²) in [6.45, 7) is 8.03. The highest BCUT2D eigenvalue weighted by Crippen LogP contribution is 2.13. The largest absolute Gasteiger partial charge is 0.341 e. The lowest BCUT2D eigenvalue weighted by atomic mass is 10.3. The first-order chi connectivity index (χ1) is 7.24. The van der Waals surface area contributed by atoms with Crippen LogP contribution in [0.3, 0.4) is 0 Å². The molecule has 1 heterocycles. The predicted molar refractivity (Wildman–Crippen MR) is 62.8 cm³/mol. The highest BCUT2D eigenvalue weighted by molar-refractivity contribution is 5.42. The minimum atomic E-state index is 0.670. The zero-order valence-electron chi connectivity index (χ0n) is 9.62. The molecule has 0 atom stereocenters. The molecule has 0 amide bonds. The van der Waals surface area contributed by atoms with Gasteiger partial charge in [-0.2, -0.15) is 4.98 Å². The Labute approximate surface area is 90.7 Å². The van der Waals surface area contributed by atoms with Crippen molar-refractivity contribution in [1.29, 1.82) is 0 Å². The minimum Gasteiger partial charge on any atom is -0.341 e. The minimum absolute atomic E-state index is 0.670. The van der Waals surface area contributed by atoms with E-state index in [9.17, 15) is 0 Å². The summed E-state index contributed by atoms with van der Waals surface area (Å²) in [6, 6.07) is 1.87. The number of hydrogen-bond donors (Lipinski definition) is 2. The highest BCUT2D eigenvalue weighted by Gasteiger charge is 2.08. The average molecular weight is 209 g/mol. The van der Waals surface area contributed by atoms with Crippen molar-refractivity contribution in [3.63, 3.8) is 0 Å². The molecule has 84 valence electrons. The van der Waals surface area contributed by atoms with Crippen LogP contribution in [0, 0.1) is 0 Å². The third-order valence-electron chi connectivity index (χ3n) is 2.32.